The molecule has 0 aliphatic rings. The van der Waals surface area contributed by atoms with Crippen LogP contribution < -0.4 is 0 Å². The molecule has 0 saturated carbocycles. The van der Waals surface area contributed by atoms with Crippen LogP contribution in [0.15, 0.2) is 46.8 Å². The second-order valence-electron chi connectivity index (χ2n) is 3.61. The largest absolute Gasteiger partial charge is 0.508 e. The summed E-state index contributed by atoms with van der Waals surface area (Å²) in [7, 11) is 0. The second kappa shape index (κ2) is 5.04. The number of benzene rings is 1. The summed E-state index contributed by atoms with van der Waals surface area (Å²) in [6.45, 7) is 3.45. The lowest BCUT2D eigenvalue weighted by atomic mass is 10.1. The quantitative estimate of drug-likeness (QED) is 0.837. The smallest absolute Gasteiger partial charge is 0.115 e. The van der Waals surface area contributed by atoms with Crippen LogP contribution in [0.2, 0.25) is 0 Å². The molecule has 1 atom stereocenters. The molecule has 1 heterocycles. The molecule has 0 saturated heterocycles. The van der Waals surface area contributed by atoms with Crippen molar-refractivity contribution in [2.75, 3.05) is 0 Å². The van der Waals surface area contributed by atoms with Crippen LogP contribution in [0, 0.1) is 0 Å². The SMILES string of the molecule is C=C(O)c1ccc(C(O)c2ccc(Br)s2)cc1. The van der Waals surface area contributed by atoms with E-state index in [1.54, 1.807) is 24.3 Å². The molecule has 17 heavy (non-hydrogen) atoms. The lowest BCUT2D eigenvalue weighted by Crippen LogP contribution is -1.96. The number of hydrogen-bond acceptors (Lipinski definition) is 3. The van der Waals surface area contributed by atoms with Gasteiger partial charge in [-0.05, 0) is 33.6 Å². The zero-order valence-electron chi connectivity index (χ0n) is 8.93. The van der Waals surface area contributed by atoms with Gasteiger partial charge in [0.2, 0.25) is 0 Å². The number of aliphatic hydroxyl groups excluding tert-OH is 2. The summed E-state index contributed by atoms with van der Waals surface area (Å²) in [5.41, 5.74) is 1.46. The third-order valence-electron chi connectivity index (χ3n) is 2.42. The summed E-state index contributed by atoms with van der Waals surface area (Å²) in [4.78, 5) is 0.882. The van der Waals surface area contributed by atoms with E-state index in [-0.39, 0.29) is 5.76 Å². The highest BCUT2D eigenvalue weighted by molar-refractivity contribution is 9.11. The Labute approximate surface area is 112 Å². The van der Waals surface area contributed by atoms with E-state index in [1.165, 1.54) is 11.3 Å². The van der Waals surface area contributed by atoms with Crippen LogP contribution in [0.1, 0.15) is 22.1 Å². The maximum absolute atomic E-state index is 10.1. The molecule has 0 radical (unpaired) electrons. The standard InChI is InChI=1S/C13H11BrO2S/c1-8(15)9-2-4-10(5-3-9)13(16)11-6-7-12(14)17-11/h2-7,13,15-16H,1H2. The van der Waals surface area contributed by atoms with Gasteiger partial charge in [0.05, 0.1) is 3.79 Å². The molecule has 1 aromatic carbocycles. The topological polar surface area (TPSA) is 40.5 Å². The van der Waals surface area contributed by atoms with Gasteiger partial charge in [-0.3, -0.25) is 0 Å². The van der Waals surface area contributed by atoms with Gasteiger partial charge in [0.15, 0.2) is 0 Å². The van der Waals surface area contributed by atoms with E-state index in [2.05, 4.69) is 22.5 Å². The maximum Gasteiger partial charge on any atom is 0.115 e. The zero-order valence-corrected chi connectivity index (χ0v) is 11.3. The molecule has 0 fully saturated rings. The van der Waals surface area contributed by atoms with Gasteiger partial charge in [-0.2, -0.15) is 0 Å². The Morgan fingerprint density at radius 2 is 1.82 bits per heavy atom. The normalized spacial score (nSPS) is 12.4. The first-order valence-electron chi connectivity index (χ1n) is 4.99. The molecule has 1 aromatic heterocycles. The highest BCUT2D eigenvalue weighted by atomic mass is 79.9. The van der Waals surface area contributed by atoms with Crippen LogP contribution in [-0.2, 0) is 0 Å². The first-order valence-corrected chi connectivity index (χ1v) is 6.60. The molecule has 0 bridgehead atoms. The predicted molar refractivity (Wildman–Crippen MR) is 74.2 cm³/mol. The molecule has 0 aliphatic carbocycles. The fraction of sp³-hybridized carbons (Fsp3) is 0.0769. The van der Waals surface area contributed by atoms with Crippen LogP contribution in [0.3, 0.4) is 0 Å². The maximum atomic E-state index is 10.1. The van der Waals surface area contributed by atoms with Gasteiger partial charge in [0, 0.05) is 10.4 Å². The number of thiophene rings is 1. The van der Waals surface area contributed by atoms with Gasteiger partial charge in [-0.15, -0.1) is 11.3 Å². The summed E-state index contributed by atoms with van der Waals surface area (Å²) < 4.78 is 0.993. The first-order chi connectivity index (χ1) is 8.08. The average Bonchev–Trinajstić information content (AvgIpc) is 2.75. The fourth-order valence-electron chi connectivity index (χ4n) is 1.50. The van der Waals surface area contributed by atoms with Gasteiger partial charge in [0.25, 0.3) is 0 Å². The molecule has 2 aromatic rings. The van der Waals surface area contributed by atoms with Crippen molar-refractivity contribution in [2.45, 2.75) is 6.10 Å². The molecular formula is C13H11BrO2S. The summed E-state index contributed by atoms with van der Waals surface area (Å²) >= 11 is 4.87. The molecular weight excluding hydrogens is 300 g/mol. The molecule has 4 heteroatoms. The van der Waals surface area contributed by atoms with E-state index in [4.69, 9.17) is 0 Å². The van der Waals surface area contributed by atoms with E-state index < -0.39 is 6.10 Å². The van der Waals surface area contributed by atoms with Crippen molar-refractivity contribution in [2.24, 2.45) is 0 Å². The van der Waals surface area contributed by atoms with Crippen molar-refractivity contribution in [3.8, 4) is 0 Å². The van der Waals surface area contributed by atoms with Crippen molar-refractivity contribution in [1.82, 2.24) is 0 Å². The van der Waals surface area contributed by atoms with Gasteiger partial charge >= 0.3 is 0 Å². The molecule has 0 aliphatic heterocycles. The minimum atomic E-state index is -0.632. The average molecular weight is 311 g/mol. The minimum absolute atomic E-state index is 0.0323. The van der Waals surface area contributed by atoms with E-state index in [0.717, 1.165) is 14.2 Å². The van der Waals surface area contributed by atoms with Gasteiger partial charge in [0.1, 0.15) is 11.9 Å². The summed E-state index contributed by atoms with van der Waals surface area (Å²) in [6, 6.07) is 10.8. The van der Waals surface area contributed by atoms with Crippen molar-refractivity contribution in [3.63, 3.8) is 0 Å². The van der Waals surface area contributed by atoms with Crippen LogP contribution >= 0.6 is 27.3 Å². The van der Waals surface area contributed by atoms with E-state index in [9.17, 15) is 10.2 Å². The lowest BCUT2D eigenvalue weighted by Gasteiger charge is -2.09. The van der Waals surface area contributed by atoms with Crippen molar-refractivity contribution in [1.29, 1.82) is 0 Å². The summed E-state index contributed by atoms with van der Waals surface area (Å²) in [5, 5.41) is 19.4. The molecule has 1 unspecified atom stereocenters. The third kappa shape index (κ3) is 2.77. The molecule has 2 N–H and O–H groups in total. The molecule has 2 rings (SSSR count). The third-order valence-corrected chi connectivity index (χ3v) is 4.10. The predicted octanol–water partition coefficient (Wildman–Crippen LogP) is 4.12. The van der Waals surface area contributed by atoms with Crippen LogP contribution in [0.25, 0.3) is 5.76 Å². The Morgan fingerprint density at radius 3 is 2.29 bits per heavy atom. The summed E-state index contributed by atoms with van der Waals surface area (Å²) in [5.74, 6) is 0.0323. The Bertz CT molecular complexity index is 531. The minimum Gasteiger partial charge on any atom is -0.508 e. The summed E-state index contributed by atoms with van der Waals surface area (Å²) in [6.07, 6.45) is -0.632. The highest BCUT2D eigenvalue weighted by Crippen LogP contribution is 2.31. The van der Waals surface area contributed by atoms with Gasteiger partial charge < -0.3 is 10.2 Å². The van der Waals surface area contributed by atoms with Crippen LogP contribution in [0.4, 0.5) is 0 Å². The fourth-order valence-corrected chi connectivity index (χ4v) is 2.94. The van der Waals surface area contributed by atoms with Crippen molar-refractivity contribution < 1.29 is 10.2 Å². The van der Waals surface area contributed by atoms with E-state index >= 15 is 0 Å². The molecule has 0 spiro atoms. The number of aliphatic hydroxyl groups is 2. The van der Waals surface area contributed by atoms with Crippen LogP contribution in [0.5, 0.6) is 0 Å². The monoisotopic (exact) mass is 310 g/mol. The lowest BCUT2D eigenvalue weighted by molar-refractivity contribution is 0.224. The molecule has 0 amide bonds. The molecule has 88 valence electrons. The Balaban J connectivity index is 2.25. The zero-order chi connectivity index (χ0) is 12.4. The number of rotatable bonds is 3. The van der Waals surface area contributed by atoms with Gasteiger partial charge in [-0.25, -0.2) is 0 Å². The van der Waals surface area contributed by atoms with Gasteiger partial charge in [-0.1, -0.05) is 30.8 Å². The van der Waals surface area contributed by atoms with Crippen molar-refractivity contribution in [3.05, 3.63) is 62.8 Å². The van der Waals surface area contributed by atoms with Crippen LogP contribution in [-0.4, -0.2) is 10.2 Å². The number of halogens is 1. The highest BCUT2D eigenvalue weighted by Gasteiger charge is 2.12. The second-order valence-corrected chi connectivity index (χ2v) is 6.11. The number of hydrogen-bond donors (Lipinski definition) is 2. The van der Waals surface area contributed by atoms with E-state index in [1.807, 2.05) is 12.1 Å². The molecule has 2 nitrogen and oxygen atoms in total. The Morgan fingerprint density at radius 1 is 1.18 bits per heavy atom. The van der Waals surface area contributed by atoms with E-state index in [0.29, 0.717) is 5.56 Å². The Hall–Kier alpha value is -1.10. The first kappa shape index (κ1) is 12.4. The van der Waals surface area contributed by atoms with Crippen molar-refractivity contribution >= 4 is 33.0 Å². The Kier molecular flexibility index (Phi) is 3.66.